The molecule has 0 saturated carbocycles. The minimum atomic E-state index is -4.72. The average molecular weight is 576 g/mol. The van der Waals surface area contributed by atoms with Gasteiger partial charge >= 0.3 is 7.82 Å². The van der Waals surface area contributed by atoms with Gasteiger partial charge in [-0.1, -0.05) is 36.4 Å². The van der Waals surface area contributed by atoms with E-state index in [2.05, 4.69) is 33.1 Å². The van der Waals surface area contributed by atoms with E-state index < -0.39 is 31.5 Å². The first-order valence-corrected chi connectivity index (χ1v) is 13.8. The van der Waals surface area contributed by atoms with Crippen molar-refractivity contribution in [3.05, 3.63) is 95.3 Å². The highest BCUT2D eigenvalue weighted by Crippen LogP contribution is 2.37. The number of carbonyl (C=O) groups excluding carboxylic acids is 3. The molecule has 39 heavy (non-hydrogen) atoms. The summed E-state index contributed by atoms with van der Waals surface area (Å²) in [7, 11) is -4.72. The zero-order valence-corrected chi connectivity index (χ0v) is 22.3. The van der Waals surface area contributed by atoms with Crippen LogP contribution in [0.1, 0.15) is 16.7 Å². The zero-order valence-electron chi connectivity index (χ0n) is 20.5. The molecule has 5 N–H and O–H groups in total. The van der Waals surface area contributed by atoms with Gasteiger partial charge in [0.15, 0.2) is 0 Å². The lowest BCUT2D eigenvalue weighted by Crippen LogP contribution is -2.48. The van der Waals surface area contributed by atoms with Crippen LogP contribution in [0.25, 0.3) is 0 Å². The number of phosphoric ester groups is 1. The van der Waals surface area contributed by atoms with E-state index in [9.17, 15) is 23.3 Å². The van der Waals surface area contributed by atoms with E-state index in [1.54, 1.807) is 24.3 Å². The molecule has 3 rings (SSSR count). The van der Waals surface area contributed by atoms with Crippen LogP contribution in [0, 0.1) is 5.82 Å². The molecule has 0 fully saturated rings. The van der Waals surface area contributed by atoms with E-state index in [0.717, 1.165) is 0 Å². The van der Waals surface area contributed by atoms with Gasteiger partial charge in [-0.15, -0.1) is 0 Å². The Bertz CT molecular complexity index is 1350. The summed E-state index contributed by atoms with van der Waals surface area (Å²) in [5, 5.41) is 8.15. The van der Waals surface area contributed by atoms with E-state index in [0.29, 0.717) is 22.4 Å². The third-order valence-electron chi connectivity index (χ3n) is 5.34. The summed E-state index contributed by atoms with van der Waals surface area (Å²) in [6.45, 7) is 0.114. The lowest BCUT2D eigenvalue weighted by molar-refractivity contribution is -0.128. The van der Waals surface area contributed by atoms with Gasteiger partial charge in [-0.3, -0.25) is 24.2 Å². The van der Waals surface area contributed by atoms with Gasteiger partial charge in [0.2, 0.25) is 17.7 Å². The minimum absolute atomic E-state index is 0.0205. The second-order valence-corrected chi connectivity index (χ2v) is 9.96. The van der Waals surface area contributed by atoms with Crippen LogP contribution >= 0.6 is 20.5 Å². The molecule has 0 aliphatic heterocycles. The number of nitrogens with one attached hydrogen (secondary N) is 3. The van der Waals surface area contributed by atoms with Crippen LogP contribution in [-0.2, 0) is 38.3 Å². The summed E-state index contributed by atoms with van der Waals surface area (Å²) in [6.07, 6.45) is -0.0127. The molecule has 0 spiro atoms. The first-order valence-electron chi connectivity index (χ1n) is 11.7. The van der Waals surface area contributed by atoms with Crippen LogP contribution in [0.5, 0.6) is 5.75 Å². The molecule has 13 heteroatoms. The summed E-state index contributed by atoms with van der Waals surface area (Å²) in [5.74, 6) is -1.69. The predicted octanol–water partition coefficient (Wildman–Crippen LogP) is 2.75. The summed E-state index contributed by atoms with van der Waals surface area (Å²) >= 11 is 3.93. The molecule has 1 atom stereocenters. The number of benzene rings is 3. The van der Waals surface area contributed by atoms with Crippen LogP contribution in [0.4, 0.5) is 10.1 Å². The Balaban J connectivity index is 1.71. The number of anilines is 1. The standard InChI is InChI=1S/C26H27FN3O7PS/c27-20-8-4-18(5-9-20)14-24(31)30-23(13-17-6-10-22(11-7-17)37-38(34,35)36)26(33)28-15-19-2-1-3-21(12-19)29-25(32)16-39/h1-12,23,39H,13-16H2,(H,28,33)(H,29,32)(H,30,31)(H2,34,35,36)/t23-/m0/s1. The Kier molecular flexibility index (Phi) is 10.6. The maximum Gasteiger partial charge on any atom is 0.524 e. The smallest absolute Gasteiger partial charge is 0.404 e. The molecule has 3 amide bonds. The number of amides is 3. The van der Waals surface area contributed by atoms with E-state index in [1.807, 2.05) is 0 Å². The molecule has 206 valence electrons. The van der Waals surface area contributed by atoms with Gasteiger partial charge < -0.3 is 20.5 Å². The van der Waals surface area contributed by atoms with Gasteiger partial charge in [-0.05, 0) is 53.1 Å². The summed E-state index contributed by atoms with van der Waals surface area (Å²) in [4.78, 5) is 55.4. The predicted molar refractivity (Wildman–Crippen MR) is 146 cm³/mol. The average Bonchev–Trinajstić information content (AvgIpc) is 2.88. The highest BCUT2D eigenvalue weighted by Gasteiger charge is 2.22. The van der Waals surface area contributed by atoms with E-state index in [-0.39, 0.29) is 36.8 Å². The highest BCUT2D eigenvalue weighted by molar-refractivity contribution is 7.81. The third kappa shape index (κ3) is 10.5. The number of hydrogen-bond donors (Lipinski definition) is 6. The van der Waals surface area contributed by atoms with Crippen molar-refractivity contribution in [2.75, 3.05) is 11.1 Å². The van der Waals surface area contributed by atoms with Crippen molar-refractivity contribution >= 4 is 43.9 Å². The van der Waals surface area contributed by atoms with Crippen molar-refractivity contribution in [3.63, 3.8) is 0 Å². The quantitative estimate of drug-likeness (QED) is 0.143. The fourth-order valence-corrected chi connectivity index (χ4v) is 4.05. The van der Waals surface area contributed by atoms with Gasteiger partial charge in [0.05, 0.1) is 12.2 Å². The van der Waals surface area contributed by atoms with Gasteiger partial charge in [-0.2, -0.15) is 12.6 Å². The summed E-state index contributed by atoms with van der Waals surface area (Å²) in [6, 6.07) is 17.0. The van der Waals surface area contributed by atoms with Gasteiger partial charge in [0, 0.05) is 18.7 Å². The van der Waals surface area contributed by atoms with Crippen molar-refractivity contribution < 1.29 is 37.6 Å². The van der Waals surface area contributed by atoms with Crippen LogP contribution < -0.4 is 20.5 Å². The van der Waals surface area contributed by atoms with Crippen molar-refractivity contribution in [3.8, 4) is 5.75 Å². The van der Waals surface area contributed by atoms with Crippen LogP contribution in [0.3, 0.4) is 0 Å². The van der Waals surface area contributed by atoms with Crippen LogP contribution in [0.15, 0.2) is 72.8 Å². The third-order valence-corrected chi connectivity index (χ3v) is 6.07. The maximum atomic E-state index is 13.2. The van der Waals surface area contributed by atoms with E-state index in [4.69, 9.17) is 9.79 Å². The fraction of sp³-hybridized carbons (Fsp3) is 0.192. The Labute approximate surface area is 229 Å². The molecule has 0 bridgehead atoms. The lowest BCUT2D eigenvalue weighted by atomic mass is 10.0. The molecule has 3 aromatic rings. The summed E-state index contributed by atoms with van der Waals surface area (Å²) in [5.41, 5.74) is 2.40. The summed E-state index contributed by atoms with van der Waals surface area (Å²) < 4.78 is 28.8. The van der Waals surface area contributed by atoms with Gasteiger partial charge in [0.25, 0.3) is 0 Å². The first-order chi connectivity index (χ1) is 18.5. The first kappa shape index (κ1) is 29.9. The Morgan fingerprint density at radius 1 is 0.923 bits per heavy atom. The Morgan fingerprint density at radius 2 is 1.59 bits per heavy atom. The monoisotopic (exact) mass is 575 g/mol. The lowest BCUT2D eigenvalue weighted by Gasteiger charge is -2.19. The zero-order chi connectivity index (χ0) is 28.4. The van der Waals surface area contributed by atoms with Gasteiger partial charge in [0.1, 0.15) is 17.6 Å². The number of carbonyl (C=O) groups is 3. The molecule has 0 heterocycles. The van der Waals surface area contributed by atoms with Crippen molar-refractivity contribution in [1.29, 1.82) is 0 Å². The molecular formula is C26H27FN3O7PS. The van der Waals surface area contributed by atoms with E-state index in [1.165, 1.54) is 48.5 Å². The molecule has 0 unspecified atom stereocenters. The highest BCUT2D eigenvalue weighted by atomic mass is 32.1. The molecule has 10 nitrogen and oxygen atoms in total. The topological polar surface area (TPSA) is 154 Å². The second-order valence-electron chi connectivity index (χ2n) is 8.48. The largest absolute Gasteiger partial charge is 0.524 e. The minimum Gasteiger partial charge on any atom is -0.404 e. The fourth-order valence-electron chi connectivity index (χ4n) is 3.57. The Hall–Kier alpha value is -3.70. The number of hydrogen-bond acceptors (Lipinski definition) is 6. The van der Waals surface area contributed by atoms with Crippen molar-refractivity contribution in [2.24, 2.45) is 0 Å². The number of phosphoric acid groups is 1. The van der Waals surface area contributed by atoms with Crippen molar-refractivity contribution in [1.82, 2.24) is 10.6 Å². The number of halogens is 1. The van der Waals surface area contributed by atoms with Crippen LogP contribution in [-0.4, -0.2) is 39.3 Å². The number of thiol groups is 1. The molecule has 0 aromatic heterocycles. The molecule has 3 aromatic carbocycles. The maximum absolute atomic E-state index is 13.2. The SMILES string of the molecule is O=C(CS)Nc1cccc(CNC(=O)[C@H](Cc2ccc(OP(=O)(O)O)cc2)NC(=O)Cc2ccc(F)cc2)c1. The molecule has 0 aliphatic carbocycles. The molecule has 0 saturated heterocycles. The Morgan fingerprint density at radius 3 is 2.23 bits per heavy atom. The van der Waals surface area contributed by atoms with Gasteiger partial charge in [-0.25, -0.2) is 8.96 Å². The number of rotatable bonds is 12. The van der Waals surface area contributed by atoms with Crippen molar-refractivity contribution in [2.45, 2.75) is 25.4 Å². The van der Waals surface area contributed by atoms with Crippen LogP contribution in [0.2, 0.25) is 0 Å². The molecule has 0 aliphatic rings. The normalized spacial score (nSPS) is 11.8. The molecular weight excluding hydrogens is 548 g/mol. The van der Waals surface area contributed by atoms with E-state index >= 15 is 0 Å². The molecule has 0 radical (unpaired) electrons. The second kappa shape index (κ2) is 13.9.